The number of ketones is 1. The number of halogens is 2. The molecule has 0 aromatic heterocycles. The Bertz CT molecular complexity index is 1380. The first kappa shape index (κ1) is 25.6. The number of aliphatic hydroxyl groups is 1. The number of benzene rings is 3. The maximum Gasteiger partial charge on any atom is 0.300 e. The van der Waals surface area contributed by atoms with E-state index in [2.05, 4.69) is 0 Å². The molecule has 0 spiro atoms. The van der Waals surface area contributed by atoms with Crippen LogP contribution in [0.25, 0.3) is 5.76 Å². The predicted molar refractivity (Wildman–Crippen MR) is 141 cm³/mol. The summed E-state index contributed by atoms with van der Waals surface area (Å²) < 4.78 is 11.2. The van der Waals surface area contributed by atoms with Crippen LogP contribution in [0.2, 0.25) is 10.0 Å². The van der Waals surface area contributed by atoms with Crippen LogP contribution in [0.1, 0.15) is 35.2 Å². The molecule has 0 saturated carbocycles. The van der Waals surface area contributed by atoms with E-state index in [1.54, 1.807) is 24.3 Å². The molecule has 6 nitrogen and oxygen atoms in total. The first-order chi connectivity index (χ1) is 17.2. The fourth-order valence-corrected chi connectivity index (χ4v) is 4.73. The highest BCUT2D eigenvalue weighted by molar-refractivity contribution is 6.51. The standard InChI is InChI=1S/C28H25Cl2NO5/c1-5-36-23-14-17(7-9-22(23)35-4)25-24(26(32)18-6-8-20(29)21(30)13-18)27(33)28(34)31(25)19-11-15(2)10-16(3)12-19/h6-14,25,32H,5H2,1-4H3/b26-24-. The van der Waals surface area contributed by atoms with Crippen LogP contribution >= 0.6 is 23.2 Å². The van der Waals surface area contributed by atoms with Gasteiger partial charge in [0.1, 0.15) is 5.76 Å². The van der Waals surface area contributed by atoms with Crippen molar-refractivity contribution in [3.05, 3.63) is 92.5 Å². The largest absolute Gasteiger partial charge is 0.507 e. The molecule has 1 heterocycles. The fraction of sp³-hybridized carbons (Fsp3) is 0.214. The Labute approximate surface area is 219 Å². The van der Waals surface area contributed by atoms with E-state index in [1.165, 1.54) is 24.1 Å². The zero-order chi connectivity index (χ0) is 26.1. The van der Waals surface area contributed by atoms with Crippen molar-refractivity contribution in [3.8, 4) is 11.5 Å². The zero-order valence-electron chi connectivity index (χ0n) is 20.3. The van der Waals surface area contributed by atoms with Gasteiger partial charge in [-0.3, -0.25) is 14.5 Å². The molecule has 0 radical (unpaired) electrons. The molecule has 36 heavy (non-hydrogen) atoms. The van der Waals surface area contributed by atoms with Gasteiger partial charge < -0.3 is 14.6 Å². The third kappa shape index (κ3) is 4.66. The van der Waals surface area contributed by atoms with Gasteiger partial charge in [0.25, 0.3) is 11.7 Å². The Kier molecular flexibility index (Phi) is 7.29. The van der Waals surface area contributed by atoms with Crippen LogP contribution in [0.5, 0.6) is 11.5 Å². The number of hydrogen-bond acceptors (Lipinski definition) is 5. The van der Waals surface area contributed by atoms with Crippen molar-refractivity contribution in [3.63, 3.8) is 0 Å². The van der Waals surface area contributed by atoms with Gasteiger partial charge in [-0.15, -0.1) is 0 Å². The number of amides is 1. The predicted octanol–water partition coefficient (Wildman–Crippen LogP) is 6.64. The highest BCUT2D eigenvalue weighted by Crippen LogP contribution is 2.44. The van der Waals surface area contributed by atoms with Gasteiger partial charge >= 0.3 is 0 Å². The SMILES string of the molecule is CCOc1cc(C2/C(=C(/O)c3ccc(Cl)c(Cl)c3)C(=O)C(=O)N2c2cc(C)cc(C)c2)ccc1OC. The van der Waals surface area contributed by atoms with Crippen LogP contribution in [0.4, 0.5) is 5.69 Å². The molecule has 1 aliphatic heterocycles. The number of carbonyl (C=O) groups is 2. The Hall–Kier alpha value is -3.48. The topological polar surface area (TPSA) is 76.1 Å². The lowest BCUT2D eigenvalue weighted by Crippen LogP contribution is -2.29. The lowest BCUT2D eigenvalue weighted by molar-refractivity contribution is -0.132. The number of aryl methyl sites for hydroxylation is 2. The lowest BCUT2D eigenvalue weighted by Gasteiger charge is -2.27. The molecule has 1 fully saturated rings. The van der Waals surface area contributed by atoms with E-state index >= 15 is 0 Å². The number of Topliss-reactive ketones (excluding diaryl/α,β-unsaturated/α-hetero) is 1. The van der Waals surface area contributed by atoms with Crippen LogP contribution in [-0.2, 0) is 9.59 Å². The number of rotatable bonds is 6. The summed E-state index contributed by atoms with van der Waals surface area (Å²) in [5.74, 6) is -0.944. The molecule has 1 aliphatic rings. The molecule has 8 heteroatoms. The first-order valence-corrected chi connectivity index (χ1v) is 12.1. The Balaban J connectivity index is 1.99. The highest BCUT2D eigenvalue weighted by Gasteiger charge is 2.47. The molecule has 1 amide bonds. The minimum atomic E-state index is -0.925. The molecule has 3 aromatic rings. The van der Waals surface area contributed by atoms with E-state index in [1.807, 2.05) is 39.0 Å². The molecular formula is C28H25Cl2NO5. The molecule has 3 aromatic carbocycles. The summed E-state index contributed by atoms with van der Waals surface area (Å²) in [5, 5.41) is 11.8. The van der Waals surface area contributed by atoms with E-state index in [-0.39, 0.29) is 21.9 Å². The zero-order valence-corrected chi connectivity index (χ0v) is 21.8. The minimum absolute atomic E-state index is 0.0647. The van der Waals surface area contributed by atoms with Gasteiger partial charge in [0.05, 0.1) is 35.4 Å². The minimum Gasteiger partial charge on any atom is -0.507 e. The number of methoxy groups -OCH3 is 1. The molecule has 1 N–H and O–H groups in total. The van der Waals surface area contributed by atoms with Crippen molar-refractivity contribution in [1.29, 1.82) is 0 Å². The summed E-state index contributed by atoms with van der Waals surface area (Å²) in [4.78, 5) is 28.3. The molecule has 1 unspecified atom stereocenters. The van der Waals surface area contributed by atoms with Gasteiger partial charge in [-0.05, 0) is 79.9 Å². The van der Waals surface area contributed by atoms with Crippen LogP contribution in [0, 0.1) is 13.8 Å². The third-order valence-corrected chi connectivity index (χ3v) is 6.66. The summed E-state index contributed by atoms with van der Waals surface area (Å²) in [5.41, 5.74) is 3.18. The van der Waals surface area contributed by atoms with E-state index in [4.69, 9.17) is 32.7 Å². The van der Waals surface area contributed by atoms with Crippen molar-refractivity contribution < 1.29 is 24.2 Å². The van der Waals surface area contributed by atoms with Crippen LogP contribution < -0.4 is 14.4 Å². The van der Waals surface area contributed by atoms with Crippen molar-refractivity contribution in [1.82, 2.24) is 0 Å². The second kappa shape index (κ2) is 10.2. The normalized spacial score (nSPS) is 16.9. The summed E-state index contributed by atoms with van der Waals surface area (Å²) in [6.07, 6.45) is 0. The fourth-order valence-electron chi connectivity index (χ4n) is 4.43. The number of hydrogen-bond donors (Lipinski definition) is 1. The molecule has 0 bridgehead atoms. The van der Waals surface area contributed by atoms with Gasteiger partial charge in [-0.25, -0.2) is 0 Å². The molecule has 1 saturated heterocycles. The smallest absolute Gasteiger partial charge is 0.300 e. The maximum atomic E-state index is 13.4. The van der Waals surface area contributed by atoms with Crippen molar-refractivity contribution in [2.75, 3.05) is 18.6 Å². The molecule has 0 aliphatic carbocycles. The summed E-state index contributed by atoms with van der Waals surface area (Å²) >= 11 is 12.2. The first-order valence-electron chi connectivity index (χ1n) is 11.3. The van der Waals surface area contributed by atoms with Crippen molar-refractivity contribution in [2.45, 2.75) is 26.8 Å². The van der Waals surface area contributed by atoms with Gasteiger partial charge in [0, 0.05) is 11.3 Å². The van der Waals surface area contributed by atoms with Crippen LogP contribution in [0.3, 0.4) is 0 Å². The van der Waals surface area contributed by atoms with E-state index < -0.39 is 17.7 Å². The molecule has 1 atom stereocenters. The van der Waals surface area contributed by atoms with Crippen LogP contribution in [0.15, 0.2) is 60.2 Å². The number of nitrogens with zero attached hydrogens (tertiary/aromatic N) is 1. The average molecular weight is 526 g/mol. The van der Waals surface area contributed by atoms with Gasteiger partial charge in [-0.2, -0.15) is 0 Å². The number of anilines is 1. The highest BCUT2D eigenvalue weighted by atomic mass is 35.5. The van der Waals surface area contributed by atoms with Crippen LogP contribution in [-0.4, -0.2) is 30.5 Å². The van der Waals surface area contributed by atoms with E-state index in [9.17, 15) is 14.7 Å². The van der Waals surface area contributed by atoms with Crippen molar-refractivity contribution in [2.24, 2.45) is 0 Å². The number of aliphatic hydroxyl groups excluding tert-OH is 1. The Morgan fingerprint density at radius 1 is 0.944 bits per heavy atom. The van der Waals surface area contributed by atoms with E-state index in [0.717, 1.165) is 11.1 Å². The summed E-state index contributed by atoms with van der Waals surface area (Å²) in [7, 11) is 1.53. The van der Waals surface area contributed by atoms with Crippen molar-refractivity contribution >= 4 is 46.3 Å². The Morgan fingerprint density at radius 3 is 2.25 bits per heavy atom. The molecule has 186 valence electrons. The van der Waals surface area contributed by atoms with E-state index in [0.29, 0.717) is 34.4 Å². The molecular weight excluding hydrogens is 501 g/mol. The second-order valence-corrected chi connectivity index (χ2v) is 9.30. The average Bonchev–Trinajstić information content (AvgIpc) is 3.10. The molecule has 4 rings (SSSR count). The number of ether oxygens (including phenoxy) is 2. The number of carbonyl (C=O) groups excluding carboxylic acids is 2. The summed E-state index contributed by atoms with van der Waals surface area (Å²) in [6.45, 7) is 6.06. The monoisotopic (exact) mass is 525 g/mol. The third-order valence-electron chi connectivity index (χ3n) is 5.93. The summed E-state index contributed by atoms with van der Waals surface area (Å²) in [6, 6.07) is 14.4. The quantitative estimate of drug-likeness (QED) is 0.221. The second-order valence-electron chi connectivity index (χ2n) is 8.49. The van der Waals surface area contributed by atoms with Gasteiger partial charge in [0.2, 0.25) is 0 Å². The van der Waals surface area contributed by atoms with Gasteiger partial charge in [0.15, 0.2) is 11.5 Å². The Morgan fingerprint density at radius 2 is 1.64 bits per heavy atom. The maximum absolute atomic E-state index is 13.4. The lowest BCUT2D eigenvalue weighted by atomic mass is 9.94. The van der Waals surface area contributed by atoms with Gasteiger partial charge in [-0.1, -0.05) is 35.3 Å².